The van der Waals surface area contributed by atoms with Gasteiger partial charge in [-0.25, -0.2) is 0 Å². The molecule has 0 aromatic carbocycles. The second-order valence-electron chi connectivity index (χ2n) is 10.5. The van der Waals surface area contributed by atoms with Gasteiger partial charge >= 0.3 is 0 Å². The molecule has 0 aliphatic heterocycles. The molecule has 0 radical (unpaired) electrons. The van der Waals surface area contributed by atoms with Crippen LogP contribution in [-0.4, -0.2) is 42.2 Å². The van der Waals surface area contributed by atoms with E-state index in [0.29, 0.717) is 10.9 Å². The molecule has 1 N–H and O–H groups in total. The first-order valence-corrected chi connectivity index (χ1v) is 14.0. The number of hydrogen-bond acceptors (Lipinski definition) is 2. The number of ketones is 1. The first-order valence-electron chi connectivity index (χ1n) is 14.0. The van der Waals surface area contributed by atoms with Gasteiger partial charge in [0, 0.05) is 6.42 Å². The predicted molar refractivity (Wildman–Crippen MR) is 136 cm³/mol. The van der Waals surface area contributed by atoms with Crippen molar-refractivity contribution in [2.75, 3.05) is 20.6 Å². The fraction of sp³-hybridized carbons (Fsp3) is 0.964. The van der Waals surface area contributed by atoms with Crippen LogP contribution < -0.4 is 12.4 Å². The minimum Gasteiger partial charge on any atom is -1.00 e. The summed E-state index contributed by atoms with van der Waals surface area (Å²) >= 11 is 0. The number of halogens is 1. The molecule has 1 unspecified atom stereocenters. The van der Waals surface area contributed by atoms with Crippen molar-refractivity contribution < 1.29 is 26.8 Å². The molecule has 32 heavy (non-hydrogen) atoms. The van der Waals surface area contributed by atoms with E-state index in [4.69, 9.17) is 0 Å². The van der Waals surface area contributed by atoms with Crippen LogP contribution in [0.1, 0.15) is 149 Å². The summed E-state index contributed by atoms with van der Waals surface area (Å²) in [6.07, 6.45) is 26.5. The Labute approximate surface area is 208 Å². The molecule has 3 nitrogen and oxygen atoms in total. The Hall–Kier alpha value is -0.120. The van der Waals surface area contributed by atoms with Crippen molar-refractivity contribution in [2.45, 2.75) is 155 Å². The second kappa shape index (κ2) is 24.0. The van der Waals surface area contributed by atoms with Gasteiger partial charge in [0.05, 0.1) is 20.6 Å². The van der Waals surface area contributed by atoms with Crippen LogP contribution in [-0.2, 0) is 4.79 Å². The maximum absolute atomic E-state index is 12.2. The zero-order valence-electron chi connectivity index (χ0n) is 22.3. The van der Waals surface area contributed by atoms with Gasteiger partial charge in [0.1, 0.15) is 0 Å². The van der Waals surface area contributed by atoms with E-state index in [2.05, 4.69) is 13.8 Å². The predicted octanol–water partition coefficient (Wildman–Crippen LogP) is 5.19. The fourth-order valence-corrected chi connectivity index (χ4v) is 4.60. The van der Waals surface area contributed by atoms with E-state index in [1.54, 1.807) is 0 Å². The molecule has 0 aliphatic carbocycles. The molecule has 0 fully saturated rings. The molecule has 4 heteroatoms. The van der Waals surface area contributed by atoms with E-state index in [-0.39, 0.29) is 18.2 Å². The molecule has 0 amide bonds. The Bertz CT molecular complexity index is 401. The monoisotopic (exact) mass is 475 g/mol. The van der Waals surface area contributed by atoms with E-state index in [1.807, 2.05) is 14.1 Å². The maximum Gasteiger partial charge on any atom is 0.250 e. The van der Waals surface area contributed by atoms with Crippen molar-refractivity contribution in [3.63, 3.8) is 0 Å². The van der Waals surface area contributed by atoms with E-state index in [1.165, 1.54) is 109 Å². The lowest BCUT2D eigenvalue weighted by molar-refractivity contribution is -0.926. The SMILES string of the molecule is CCCCCCCCCCCCCCCCCCCCCC(=O)C(O)[N+](C)(C)CCC.[Cl-]. The van der Waals surface area contributed by atoms with Gasteiger partial charge in [0.2, 0.25) is 5.78 Å². The molecule has 0 heterocycles. The lowest BCUT2D eigenvalue weighted by Crippen LogP contribution is -3.00. The topological polar surface area (TPSA) is 37.3 Å². The van der Waals surface area contributed by atoms with Crippen molar-refractivity contribution in [2.24, 2.45) is 0 Å². The normalized spacial score (nSPS) is 12.5. The van der Waals surface area contributed by atoms with Crippen LogP contribution in [0.2, 0.25) is 0 Å². The van der Waals surface area contributed by atoms with Crippen LogP contribution in [0.25, 0.3) is 0 Å². The van der Waals surface area contributed by atoms with E-state index in [9.17, 15) is 9.90 Å². The van der Waals surface area contributed by atoms with Crippen LogP contribution in [0.3, 0.4) is 0 Å². The first-order chi connectivity index (χ1) is 15.0. The summed E-state index contributed by atoms with van der Waals surface area (Å²) in [5, 5.41) is 10.3. The van der Waals surface area contributed by atoms with Crippen LogP contribution in [0, 0.1) is 0 Å². The molecule has 1 atom stereocenters. The first kappa shape index (κ1) is 34.0. The number of Topliss-reactive ketones (excluding diaryl/α,β-unsaturated/α-hetero) is 1. The smallest absolute Gasteiger partial charge is 0.250 e. The van der Waals surface area contributed by atoms with Gasteiger partial charge in [-0.05, 0) is 12.8 Å². The highest BCUT2D eigenvalue weighted by atomic mass is 35.5. The second-order valence-corrected chi connectivity index (χ2v) is 10.5. The summed E-state index contributed by atoms with van der Waals surface area (Å²) in [4.78, 5) is 12.2. The minimum atomic E-state index is -0.851. The number of likely N-dealkylation sites (N-methyl/N-ethyl adjacent to an activating group) is 1. The Morgan fingerprint density at radius 1 is 0.594 bits per heavy atom. The van der Waals surface area contributed by atoms with Gasteiger partial charge in [-0.3, -0.25) is 9.28 Å². The Morgan fingerprint density at radius 2 is 0.906 bits per heavy atom. The van der Waals surface area contributed by atoms with E-state index < -0.39 is 6.23 Å². The van der Waals surface area contributed by atoms with Crippen molar-refractivity contribution >= 4 is 5.78 Å². The third-order valence-corrected chi connectivity index (χ3v) is 6.78. The fourth-order valence-electron chi connectivity index (χ4n) is 4.60. The largest absolute Gasteiger partial charge is 1.00 e. The quantitative estimate of drug-likeness (QED) is 0.118. The van der Waals surface area contributed by atoms with Gasteiger partial charge in [0.25, 0.3) is 6.23 Å². The molecule has 0 rings (SSSR count). The van der Waals surface area contributed by atoms with Gasteiger partial charge in [0.15, 0.2) is 0 Å². The summed E-state index contributed by atoms with van der Waals surface area (Å²) in [5.74, 6) is 0.0189. The number of hydrogen-bond donors (Lipinski definition) is 1. The van der Waals surface area contributed by atoms with Crippen LogP contribution in [0.4, 0.5) is 0 Å². The number of carbonyl (C=O) groups is 1. The molecule has 0 spiro atoms. The van der Waals surface area contributed by atoms with E-state index >= 15 is 0 Å². The highest BCUT2D eigenvalue weighted by Gasteiger charge is 2.31. The Morgan fingerprint density at radius 3 is 1.22 bits per heavy atom. The maximum atomic E-state index is 12.2. The number of aliphatic hydroxyl groups excluding tert-OH is 1. The number of nitrogens with zero attached hydrogens (tertiary/aromatic N) is 1. The number of quaternary nitrogens is 1. The van der Waals surface area contributed by atoms with Crippen LogP contribution in [0.5, 0.6) is 0 Å². The molecule has 0 aromatic rings. The molecule has 0 aliphatic rings. The van der Waals surface area contributed by atoms with E-state index in [0.717, 1.165) is 25.8 Å². The molecule has 194 valence electrons. The zero-order valence-corrected chi connectivity index (χ0v) is 23.1. The third-order valence-electron chi connectivity index (χ3n) is 6.78. The summed E-state index contributed by atoms with van der Waals surface area (Å²) in [6, 6.07) is 0. The van der Waals surface area contributed by atoms with Crippen molar-refractivity contribution in [1.82, 2.24) is 0 Å². The standard InChI is InChI=1S/C28H58NO2.ClH/c1-5-7-8-9-10-11-12-13-14-15-16-17-18-19-20-21-22-23-24-25-27(30)28(31)29(3,4)26-6-2;/h28,31H,5-26H2,1-4H3;1H/q+1;/p-1. The molecular weight excluding hydrogens is 418 g/mol. The van der Waals surface area contributed by atoms with Crippen molar-refractivity contribution in [3.8, 4) is 0 Å². The zero-order chi connectivity index (χ0) is 23.2. The minimum absolute atomic E-state index is 0. The molecule has 0 aromatic heterocycles. The number of unbranched alkanes of at least 4 members (excludes halogenated alkanes) is 18. The molecule has 0 bridgehead atoms. The average molecular weight is 476 g/mol. The van der Waals surface area contributed by atoms with Gasteiger partial charge < -0.3 is 17.5 Å². The third kappa shape index (κ3) is 20.5. The number of rotatable bonds is 24. The van der Waals surface area contributed by atoms with Crippen LogP contribution in [0.15, 0.2) is 0 Å². The van der Waals surface area contributed by atoms with Gasteiger partial charge in [-0.15, -0.1) is 0 Å². The Kier molecular flexibility index (Phi) is 25.6. The number of aliphatic hydroxyl groups is 1. The Balaban J connectivity index is 0. The molecular formula is C28H58ClNO2. The average Bonchev–Trinajstić information content (AvgIpc) is 2.74. The molecule has 0 saturated carbocycles. The van der Waals surface area contributed by atoms with Crippen LogP contribution >= 0.6 is 0 Å². The van der Waals surface area contributed by atoms with Crippen molar-refractivity contribution in [1.29, 1.82) is 0 Å². The molecule has 0 saturated heterocycles. The summed E-state index contributed by atoms with van der Waals surface area (Å²) in [6.45, 7) is 5.22. The number of carbonyl (C=O) groups excluding carboxylic acids is 1. The van der Waals surface area contributed by atoms with Gasteiger partial charge in [-0.2, -0.15) is 0 Å². The summed E-state index contributed by atoms with van der Waals surface area (Å²) in [5.41, 5.74) is 0. The highest BCUT2D eigenvalue weighted by Crippen LogP contribution is 2.15. The lowest BCUT2D eigenvalue weighted by atomic mass is 10.0. The summed E-state index contributed by atoms with van der Waals surface area (Å²) < 4.78 is 0.397. The van der Waals surface area contributed by atoms with Gasteiger partial charge in [-0.1, -0.05) is 129 Å². The summed E-state index contributed by atoms with van der Waals surface area (Å²) in [7, 11) is 3.89. The highest BCUT2D eigenvalue weighted by molar-refractivity contribution is 5.81. The van der Waals surface area contributed by atoms with Crippen molar-refractivity contribution in [3.05, 3.63) is 0 Å². The lowest BCUT2D eigenvalue weighted by Gasteiger charge is -2.33.